The Bertz CT molecular complexity index is 1350. The lowest BCUT2D eigenvalue weighted by Crippen LogP contribution is -2.72. The van der Waals surface area contributed by atoms with Gasteiger partial charge in [-0.25, -0.2) is 9.78 Å². The van der Waals surface area contributed by atoms with Gasteiger partial charge in [-0.05, 0) is 12.8 Å². The van der Waals surface area contributed by atoms with Gasteiger partial charge in [0, 0.05) is 16.4 Å². The van der Waals surface area contributed by atoms with Crippen molar-refractivity contribution < 1.29 is 51.0 Å². The average Bonchev–Trinajstić information content (AvgIpc) is 3.44. The molecule has 21 heteroatoms. The van der Waals surface area contributed by atoms with Crippen LogP contribution in [0.25, 0.3) is 0 Å². The van der Waals surface area contributed by atoms with Gasteiger partial charge >= 0.3 is 18.3 Å². The minimum atomic E-state index is -5.41. The first-order valence-corrected chi connectivity index (χ1v) is 12.3. The van der Waals surface area contributed by atoms with Gasteiger partial charge in [0.1, 0.15) is 16.6 Å². The van der Waals surface area contributed by atoms with Crippen molar-refractivity contribution >= 4 is 63.3 Å². The van der Waals surface area contributed by atoms with Gasteiger partial charge in [0.15, 0.2) is 15.2 Å². The number of oxime groups is 1. The van der Waals surface area contributed by atoms with Gasteiger partial charge < -0.3 is 21.4 Å². The number of carboxylic acids is 1. The number of allylic oxidation sites excluding steroid dienone is 1. The van der Waals surface area contributed by atoms with Crippen molar-refractivity contribution in [2.24, 2.45) is 5.16 Å². The third-order valence-corrected chi connectivity index (χ3v) is 8.04. The van der Waals surface area contributed by atoms with Crippen LogP contribution in [0.1, 0.15) is 29.2 Å². The normalized spacial score (nSPS) is 20.3. The largest absolute Gasteiger partial charge is 0.477 e. The lowest BCUT2D eigenvalue weighted by molar-refractivity contribution is -0.162. The van der Waals surface area contributed by atoms with Crippen LogP contribution >= 0.6 is 34.6 Å². The summed E-state index contributed by atoms with van der Waals surface area (Å²) in [5, 5.41) is 23.9. The fourth-order valence-electron chi connectivity index (χ4n) is 3.69. The van der Waals surface area contributed by atoms with E-state index >= 15 is 0 Å². The van der Waals surface area contributed by atoms with E-state index in [4.69, 9.17) is 10.9 Å². The number of rotatable bonds is 6. The Morgan fingerprint density at radius 2 is 1.87 bits per heavy atom. The zero-order valence-electron chi connectivity index (χ0n) is 18.0. The van der Waals surface area contributed by atoms with Crippen LogP contribution in [0.5, 0.6) is 0 Å². The number of fused-ring (bicyclic) bond motifs is 1. The number of carbonyl (C=O) groups excluding carboxylic acids is 2. The molecule has 2 amide bonds. The highest BCUT2D eigenvalue weighted by molar-refractivity contribution is 8.04. The summed E-state index contributed by atoms with van der Waals surface area (Å²) in [6.45, 7) is 0. The molecule has 2 aliphatic heterocycles. The molecule has 1 saturated heterocycles. The SMILES string of the molecule is Nc1nc(/C(=N/O)C(=O)NC2C(=O)N3C(C(=O)O)=C(Sc4nc(C(F)(F)F)c(C(F)(F)F)s4)CCC23)ns1. The summed E-state index contributed by atoms with van der Waals surface area (Å²) in [5.74, 6) is -4.00. The van der Waals surface area contributed by atoms with Crippen LogP contribution < -0.4 is 11.1 Å². The lowest BCUT2D eigenvalue weighted by atomic mass is 9.86. The summed E-state index contributed by atoms with van der Waals surface area (Å²) >= 11 is 0.676. The minimum absolute atomic E-state index is 0.00701. The number of thioether (sulfide) groups is 1. The number of nitrogen functional groups attached to an aromatic ring is 1. The van der Waals surface area contributed by atoms with Crippen LogP contribution in [0, 0.1) is 0 Å². The maximum Gasteiger partial charge on any atom is 0.434 e. The number of amides is 2. The van der Waals surface area contributed by atoms with Crippen molar-refractivity contribution in [3.05, 3.63) is 27.0 Å². The van der Waals surface area contributed by atoms with E-state index in [1.807, 2.05) is 0 Å². The Morgan fingerprint density at radius 3 is 2.37 bits per heavy atom. The van der Waals surface area contributed by atoms with Crippen LogP contribution in [0.3, 0.4) is 0 Å². The number of thiazole rings is 1. The Balaban J connectivity index is 1.57. The van der Waals surface area contributed by atoms with Gasteiger partial charge in [-0.2, -0.15) is 35.7 Å². The summed E-state index contributed by atoms with van der Waals surface area (Å²) in [6, 6.07) is -2.19. The third kappa shape index (κ3) is 4.99. The zero-order valence-corrected chi connectivity index (χ0v) is 20.4. The smallest absolute Gasteiger partial charge is 0.434 e. The number of anilines is 1. The van der Waals surface area contributed by atoms with E-state index in [1.54, 1.807) is 0 Å². The summed E-state index contributed by atoms with van der Waals surface area (Å²) in [4.78, 5) is 42.5. The number of nitrogens with two attached hydrogens (primary N) is 1. The summed E-state index contributed by atoms with van der Waals surface area (Å²) in [6.07, 6.45) is -10.9. The van der Waals surface area contributed by atoms with Crippen molar-refractivity contribution in [3.63, 3.8) is 0 Å². The number of nitrogens with zero attached hydrogens (tertiary/aromatic N) is 5. The van der Waals surface area contributed by atoms with E-state index in [9.17, 15) is 45.8 Å². The molecule has 0 spiro atoms. The predicted octanol–water partition coefficient (Wildman–Crippen LogP) is 2.37. The average molecular weight is 604 g/mol. The van der Waals surface area contributed by atoms with Crippen molar-refractivity contribution in [1.29, 1.82) is 0 Å². The van der Waals surface area contributed by atoms with Crippen LogP contribution in [0.15, 0.2) is 20.1 Å². The van der Waals surface area contributed by atoms with E-state index < -0.39 is 68.5 Å². The number of aromatic nitrogens is 3. The second-order valence-electron chi connectivity index (χ2n) is 7.50. The Morgan fingerprint density at radius 1 is 1.18 bits per heavy atom. The molecule has 4 heterocycles. The quantitative estimate of drug-likeness (QED) is 0.126. The lowest BCUT2D eigenvalue weighted by Gasteiger charge is -2.49. The van der Waals surface area contributed by atoms with E-state index in [-0.39, 0.29) is 51.8 Å². The first-order chi connectivity index (χ1) is 17.6. The van der Waals surface area contributed by atoms with Crippen LogP contribution in [-0.4, -0.2) is 65.1 Å². The fourth-order valence-corrected chi connectivity index (χ4v) is 6.38. The van der Waals surface area contributed by atoms with Crippen LogP contribution in [0.4, 0.5) is 31.5 Å². The number of hydrogen-bond donors (Lipinski definition) is 4. The molecule has 12 nitrogen and oxygen atoms in total. The highest BCUT2D eigenvalue weighted by Crippen LogP contribution is 2.49. The molecule has 0 radical (unpaired) electrons. The van der Waals surface area contributed by atoms with Gasteiger partial charge in [0.25, 0.3) is 11.8 Å². The Kier molecular flexibility index (Phi) is 7.03. The van der Waals surface area contributed by atoms with Gasteiger partial charge in [0.05, 0.1) is 6.04 Å². The minimum Gasteiger partial charge on any atom is -0.477 e. The van der Waals surface area contributed by atoms with Crippen molar-refractivity contribution in [1.82, 2.24) is 24.6 Å². The van der Waals surface area contributed by atoms with Crippen molar-refractivity contribution in [3.8, 4) is 0 Å². The Labute approximate surface area is 218 Å². The number of hydrogen-bond acceptors (Lipinski definition) is 12. The number of alkyl halides is 6. The summed E-state index contributed by atoms with van der Waals surface area (Å²) in [7, 11) is 0. The highest BCUT2D eigenvalue weighted by Gasteiger charge is 2.54. The molecule has 5 N–H and O–H groups in total. The third-order valence-electron chi connectivity index (χ3n) is 5.19. The molecule has 2 aliphatic rings. The molecule has 4 rings (SSSR count). The second kappa shape index (κ2) is 9.69. The Hall–Kier alpha value is -3.46. The van der Waals surface area contributed by atoms with Gasteiger partial charge in [-0.3, -0.25) is 14.5 Å². The molecule has 2 unspecified atom stereocenters. The van der Waals surface area contributed by atoms with Crippen LogP contribution in [-0.2, 0) is 26.7 Å². The van der Waals surface area contributed by atoms with E-state index in [0.717, 1.165) is 4.90 Å². The molecule has 204 valence electrons. The molecular weight excluding hydrogens is 592 g/mol. The number of carbonyl (C=O) groups is 3. The van der Waals surface area contributed by atoms with Crippen molar-refractivity contribution in [2.75, 3.05) is 5.73 Å². The summed E-state index contributed by atoms with van der Waals surface area (Å²) in [5.41, 5.74) is 1.94. The number of carboxylic acid groups (broad SMARTS) is 1. The number of β-lactam (4-membered cyclic amide) rings is 1. The molecule has 1 fully saturated rings. The topological polar surface area (TPSA) is 184 Å². The van der Waals surface area contributed by atoms with E-state index in [2.05, 4.69) is 24.8 Å². The molecular formula is C17H11F6N7O5S3. The number of halogens is 6. The van der Waals surface area contributed by atoms with E-state index in [1.165, 1.54) is 0 Å². The number of aliphatic carboxylic acids is 1. The molecule has 0 aromatic carbocycles. The molecule has 2 aromatic rings. The molecule has 38 heavy (non-hydrogen) atoms. The summed E-state index contributed by atoms with van der Waals surface area (Å²) < 4.78 is 81.6. The molecule has 2 aromatic heterocycles. The second-order valence-corrected chi connectivity index (χ2v) is 10.6. The zero-order chi connectivity index (χ0) is 28.2. The molecule has 2 atom stereocenters. The molecule has 0 bridgehead atoms. The maximum absolute atomic E-state index is 13.1. The van der Waals surface area contributed by atoms with Gasteiger partial charge in [-0.15, -0.1) is 11.3 Å². The molecule has 0 aliphatic carbocycles. The van der Waals surface area contributed by atoms with Crippen LogP contribution in [0.2, 0.25) is 0 Å². The monoisotopic (exact) mass is 603 g/mol. The van der Waals surface area contributed by atoms with Crippen molar-refractivity contribution in [2.45, 2.75) is 41.6 Å². The van der Waals surface area contributed by atoms with E-state index in [0.29, 0.717) is 11.5 Å². The first-order valence-electron chi connectivity index (χ1n) is 9.88. The predicted molar refractivity (Wildman–Crippen MR) is 117 cm³/mol. The molecule has 0 saturated carbocycles. The fraction of sp³-hybridized carbons (Fsp3) is 0.353. The highest BCUT2D eigenvalue weighted by atomic mass is 32.2. The first kappa shape index (κ1) is 27.6. The maximum atomic E-state index is 13.1. The standard InChI is InChI=1S/C17H11F6N7O5S3/c18-16(19,20)8-9(17(21,22)23)37-15(26-8)36-4-2-1-3-5(12(32)30(3)7(4)13(33)34)25-11(31)6(28-35)10-27-14(24)38-29-10/h3,5,35H,1-2H2,(H,25,31)(H,33,34)(H2,24,27,29)/b28-6-. The van der Waals surface area contributed by atoms with Gasteiger partial charge in [-0.1, -0.05) is 16.9 Å². The van der Waals surface area contributed by atoms with Gasteiger partial charge in [0.2, 0.25) is 11.5 Å². The number of nitrogens with one attached hydrogen (secondary N) is 1.